The fourth-order valence-electron chi connectivity index (χ4n) is 2.82. The average molecular weight is 287 g/mol. The second kappa shape index (κ2) is 6.53. The molecule has 108 valence electrons. The molecule has 0 fully saturated rings. The van der Waals surface area contributed by atoms with Gasteiger partial charge in [0.05, 0.1) is 0 Å². The molecule has 0 saturated carbocycles. The molecule has 0 atom stereocenters. The highest BCUT2D eigenvalue weighted by Crippen LogP contribution is 2.22. The van der Waals surface area contributed by atoms with Gasteiger partial charge in [0.2, 0.25) is 0 Å². The maximum Gasteiger partial charge on any atom is 0.0315 e. The number of aromatic nitrogens is 1. The van der Waals surface area contributed by atoms with Crippen LogP contribution >= 0.6 is 11.8 Å². The Morgan fingerprint density at radius 2 is 1.45 bits per heavy atom. The summed E-state index contributed by atoms with van der Waals surface area (Å²) in [7, 11) is 0. The van der Waals surface area contributed by atoms with E-state index < -0.39 is 0 Å². The molecule has 0 aliphatic rings. The summed E-state index contributed by atoms with van der Waals surface area (Å²) in [6.07, 6.45) is 0. The molecule has 0 unspecified atom stereocenters. The van der Waals surface area contributed by atoms with Crippen molar-refractivity contribution in [2.24, 2.45) is 0 Å². The molecule has 0 aliphatic carbocycles. The molecule has 0 N–H and O–H groups in total. The quantitative estimate of drug-likeness (QED) is 0.703. The van der Waals surface area contributed by atoms with E-state index in [1.165, 1.54) is 39.4 Å². The van der Waals surface area contributed by atoms with Gasteiger partial charge in [0.15, 0.2) is 0 Å². The molecule has 0 bridgehead atoms. The van der Waals surface area contributed by atoms with E-state index >= 15 is 0 Å². The minimum absolute atomic E-state index is 1.11. The number of benzene rings is 1. The van der Waals surface area contributed by atoms with Gasteiger partial charge in [-0.3, -0.25) is 0 Å². The van der Waals surface area contributed by atoms with Crippen molar-refractivity contribution >= 4 is 11.8 Å². The number of aryl methyl sites for hydroxylation is 5. The van der Waals surface area contributed by atoms with E-state index in [2.05, 4.69) is 63.5 Å². The summed E-state index contributed by atoms with van der Waals surface area (Å²) in [5.41, 5.74) is 8.48. The van der Waals surface area contributed by atoms with Crippen LogP contribution in [0.3, 0.4) is 0 Å². The molecule has 2 rings (SSSR count). The second-order valence-corrected chi connectivity index (χ2v) is 6.80. The van der Waals surface area contributed by atoms with Crippen LogP contribution in [0.5, 0.6) is 0 Å². The summed E-state index contributed by atoms with van der Waals surface area (Å²) in [4.78, 5) is 0. The largest absolute Gasteiger partial charge is 0.348 e. The van der Waals surface area contributed by atoms with Gasteiger partial charge in [-0.2, -0.15) is 11.8 Å². The zero-order valence-electron chi connectivity index (χ0n) is 13.3. The molecule has 1 aromatic heterocycles. The second-order valence-electron chi connectivity index (χ2n) is 5.70. The highest BCUT2D eigenvalue weighted by molar-refractivity contribution is 7.98. The van der Waals surface area contributed by atoms with Gasteiger partial charge in [0.25, 0.3) is 0 Å². The number of hydrogen-bond acceptors (Lipinski definition) is 1. The van der Waals surface area contributed by atoms with Crippen molar-refractivity contribution in [3.63, 3.8) is 0 Å². The first-order valence-corrected chi connectivity index (χ1v) is 8.41. The van der Waals surface area contributed by atoms with E-state index in [1.54, 1.807) is 0 Å². The van der Waals surface area contributed by atoms with Crippen molar-refractivity contribution in [1.82, 2.24) is 4.57 Å². The van der Waals surface area contributed by atoms with Crippen molar-refractivity contribution in [2.45, 2.75) is 46.9 Å². The summed E-state index contributed by atoms with van der Waals surface area (Å²) < 4.78 is 2.40. The van der Waals surface area contributed by atoms with Crippen LogP contribution in [-0.2, 0) is 12.3 Å². The molecule has 2 heteroatoms. The maximum absolute atomic E-state index is 2.40. The van der Waals surface area contributed by atoms with Crippen LogP contribution < -0.4 is 0 Å². The van der Waals surface area contributed by atoms with E-state index in [9.17, 15) is 0 Å². The van der Waals surface area contributed by atoms with Gasteiger partial charge in [-0.05, 0) is 63.4 Å². The minimum atomic E-state index is 1.11. The highest BCUT2D eigenvalue weighted by Gasteiger charge is 2.05. The van der Waals surface area contributed by atoms with Crippen molar-refractivity contribution in [1.29, 1.82) is 0 Å². The van der Waals surface area contributed by atoms with Gasteiger partial charge < -0.3 is 4.57 Å². The van der Waals surface area contributed by atoms with E-state index in [1.807, 2.05) is 11.8 Å². The molecule has 2 aromatic rings. The SMILES string of the molecule is Cc1cc(C)c(CSCCn2c(C)ccc2C)c(C)c1. The van der Waals surface area contributed by atoms with Crippen molar-refractivity contribution in [3.8, 4) is 0 Å². The molecule has 0 spiro atoms. The van der Waals surface area contributed by atoms with Gasteiger partial charge in [-0.15, -0.1) is 0 Å². The number of nitrogens with zero attached hydrogens (tertiary/aromatic N) is 1. The predicted octanol–water partition coefficient (Wildman–Crippen LogP) is 4.96. The first-order valence-electron chi connectivity index (χ1n) is 7.26. The smallest absolute Gasteiger partial charge is 0.0315 e. The van der Waals surface area contributed by atoms with Crippen LogP contribution in [0, 0.1) is 34.6 Å². The Labute approximate surface area is 127 Å². The number of rotatable bonds is 5. The third-order valence-corrected chi connectivity index (χ3v) is 4.93. The van der Waals surface area contributed by atoms with Crippen LogP contribution in [0.2, 0.25) is 0 Å². The average Bonchev–Trinajstić information content (AvgIpc) is 2.67. The summed E-state index contributed by atoms with van der Waals surface area (Å²) >= 11 is 2.04. The Morgan fingerprint density at radius 3 is 2.00 bits per heavy atom. The van der Waals surface area contributed by atoms with Crippen molar-refractivity contribution in [3.05, 3.63) is 57.9 Å². The summed E-state index contributed by atoms with van der Waals surface area (Å²) in [5.74, 6) is 2.29. The van der Waals surface area contributed by atoms with Crippen molar-refractivity contribution < 1.29 is 0 Å². The monoisotopic (exact) mass is 287 g/mol. The lowest BCUT2D eigenvalue weighted by atomic mass is 10.0. The van der Waals surface area contributed by atoms with E-state index in [0.29, 0.717) is 0 Å². The predicted molar refractivity (Wildman–Crippen MR) is 90.7 cm³/mol. The van der Waals surface area contributed by atoms with Crippen LogP contribution in [0.15, 0.2) is 24.3 Å². The third-order valence-electron chi connectivity index (χ3n) is 3.96. The standard InChI is InChI=1S/C18H25NS/c1-13-10-14(2)18(15(3)11-13)12-20-9-8-19-16(4)6-7-17(19)5/h6-7,10-11H,8-9,12H2,1-5H3. The Kier molecular flexibility index (Phi) is 4.98. The molecular formula is C18H25NS. The van der Waals surface area contributed by atoms with Crippen LogP contribution in [0.4, 0.5) is 0 Å². The molecule has 20 heavy (non-hydrogen) atoms. The fraction of sp³-hybridized carbons (Fsp3) is 0.444. The summed E-state index contributed by atoms with van der Waals surface area (Å²) in [5, 5.41) is 0. The number of thioether (sulfide) groups is 1. The van der Waals surface area contributed by atoms with E-state index in [-0.39, 0.29) is 0 Å². The van der Waals surface area contributed by atoms with Gasteiger partial charge in [0.1, 0.15) is 0 Å². The topological polar surface area (TPSA) is 4.93 Å². The Bertz CT molecular complexity index is 553. The Morgan fingerprint density at radius 1 is 0.900 bits per heavy atom. The summed E-state index contributed by atoms with van der Waals surface area (Å²) in [6.45, 7) is 12.1. The van der Waals surface area contributed by atoms with E-state index in [0.717, 1.165) is 12.3 Å². The maximum atomic E-state index is 2.40. The van der Waals surface area contributed by atoms with Crippen LogP contribution in [0.25, 0.3) is 0 Å². The van der Waals surface area contributed by atoms with Gasteiger partial charge >= 0.3 is 0 Å². The highest BCUT2D eigenvalue weighted by atomic mass is 32.2. The van der Waals surface area contributed by atoms with Gasteiger partial charge in [0, 0.05) is 29.4 Å². The molecule has 1 aromatic carbocycles. The number of hydrogen-bond donors (Lipinski definition) is 0. The van der Waals surface area contributed by atoms with Gasteiger partial charge in [-0.1, -0.05) is 17.7 Å². The van der Waals surface area contributed by atoms with E-state index in [4.69, 9.17) is 0 Å². The fourth-order valence-corrected chi connectivity index (χ4v) is 3.94. The molecule has 0 saturated heterocycles. The first-order chi connectivity index (χ1) is 9.49. The van der Waals surface area contributed by atoms with Gasteiger partial charge in [-0.25, -0.2) is 0 Å². The summed E-state index contributed by atoms with van der Waals surface area (Å²) in [6, 6.07) is 8.99. The van der Waals surface area contributed by atoms with Crippen molar-refractivity contribution in [2.75, 3.05) is 5.75 Å². The normalized spacial score (nSPS) is 11.1. The third kappa shape index (κ3) is 3.49. The van der Waals surface area contributed by atoms with Crippen LogP contribution in [-0.4, -0.2) is 10.3 Å². The Balaban J connectivity index is 1.91. The Hall–Kier alpha value is -1.15. The molecule has 0 radical (unpaired) electrons. The molecule has 0 aliphatic heterocycles. The molecule has 0 amide bonds. The zero-order chi connectivity index (χ0) is 14.7. The molecule has 1 heterocycles. The lowest BCUT2D eigenvalue weighted by Gasteiger charge is -2.12. The lowest BCUT2D eigenvalue weighted by molar-refractivity contribution is 0.726. The first kappa shape index (κ1) is 15.2. The van der Waals surface area contributed by atoms with Crippen LogP contribution in [0.1, 0.15) is 33.6 Å². The molecular weight excluding hydrogens is 262 g/mol. The zero-order valence-corrected chi connectivity index (χ0v) is 14.1. The lowest BCUT2D eigenvalue weighted by Crippen LogP contribution is -2.04. The minimum Gasteiger partial charge on any atom is -0.348 e. The molecule has 1 nitrogen and oxygen atoms in total.